The van der Waals surface area contributed by atoms with Crippen LogP contribution in [-0.4, -0.2) is 22.9 Å². The summed E-state index contributed by atoms with van der Waals surface area (Å²) in [6, 6.07) is 4.64. The maximum Gasteiger partial charge on any atom is 0.337 e. The molecule has 0 bridgehead atoms. The molecule has 2 amide bonds. The SMILES string of the molecule is O=C(O)c1cc(I)ccc1N1C(=O)CCCC1=O. The highest BCUT2D eigenvalue weighted by Gasteiger charge is 2.30. The Morgan fingerprint density at radius 3 is 2.39 bits per heavy atom. The summed E-state index contributed by atoms with van der Waals surface area (Å²) in [4.78, 5) is 35.7. The van der Waals surface area contributed by atoms with Gasteiger partial charge in [0.1, 0.15) is 0 Å². The van der Waals surface area contributed by atoms with Gasteiger partial charge in [-0.1, -0.05) is 0 Å². The molecule has 18 heavy (non-hydrogen) atoms. The lowest BCUT2D eigenvalue weighted by Gasteiger charge is -2.26. The number of hydrogen-bond acceptors (Lipinski definition) is 3. The maximum atomic E-state index is 11.8. The van der Waals surface area contributed by atoms with Gasteiger partial charge < -0.3 is 5.11 Å². The van der Waals surface area contributed by atoms with Crippen molar-refractivity contribution < 1.29 is 19.5 Å². The molecule has 1 aromatic carbocycles. The van der Waals surface area contributed by atoms with Gasteiger partial charge >= 0.3 is 5.97 Å². The lowest BCUT2D eigenvalue weighted by molar-refractivity contribution is -0.129. The van der Waals surface area contributed by atoms with E-state index in [-0.39, 0.29) is 35.9 Å². The molecule has 1 saturated heterocycles. The molecule has 0 aromatic heterocycles. The van der Waals surface area contributed by atoms with Gasteiger partial charge in [-0.25, -0.2) is 9.69 Å². The molecule has 1 aromatic rings. The molecule has 1 heterocycles. The van der Waals surface area contributed by atoms with E-state index >= 15 is 0 Å². The minimum absolute atomic E-state index is 0.0227. The third kappa shape index (κ3) is 2.38. The van der Waals surface area contributed by atoms with Gasteiger partial charge in [0, 0.05) is 16.4 Å². The number of nitrogens with zero attached hydrogens (tertiary/aromatic N) is 1. The molecule has 1 N–H and O–H groups in total. The molecule has 0 radical (unpaired) electrons. The number of carboxylic acid groups (broad SMARTS) is 1. The zero-order chi connectivity index (χ0) is 13.3. The molecular weight excluding hydrogens is 349 g/mol. The van der Waals surface area contributed by atoms with Crippen LogP contribution >= 0.6 is 22.6 Å². The number of carboxylic acids is 1. The highest BCUT2D eigenvalue weighted by atomic mass is 127. The first kappa shape index (κ1) is 13.0. The molecule has 6 heteroatoms. The van der Waals surface area contributed by atoms with Crippen LogP contribution in [0.2, 0.25) is 0 Å². The Kier molecular flexibility index (Phi) is 3.65. The molecule has 0 spiro atoms. The third-order valence-corrected chi connectivity index (χ3v) is 3.38. The Balaban J connectivity index is 2.52. The van der Waals surface area contributed by atoms with Crippen molar-refractivity contribution in [3.8, 4) is 0 Å². The van der Waals surface area contributed by atoms with E-state index in [0.29, 0.717) is 6.42 Å². The number of amides is 2. The normalized spacial score (nSPS) is 15.9. The molecule has 0 saturated carbocycles. The van der Waals surface area contributed by atoms with Crippen LogP contribution in [0.3, 0.4) is 0 Å². The zero-order valence-corrected chi connectivity index (χ0v) is 11.5. The van der Waals surface area contributed by atoms with Gasteiger partial charge in [-0.2, -0.15) is 0 Å². The number of carbonyl (C=O) groups excluding carboxylic acids is 2. The monoisotopic (exact) mass is 359 g/mol. The molecule has 2 rings (SSSR count). The average Bonchev–Trinajstić information content (AvgIpc) is 2.30. The van der Waals surface area contributed by atoms with Crippen LogP contribution in [0.4, 0.5) is 5.69 Å². The van der Waals surface area contributed by atoms with Gasteiger partial charge in [0.05, 0.1) is 11.3 Å². The summed E-state index contributed by atoms with van der Waals surface area (Å²) < 4.78 is 0.741. The van der Waals surface area contributed by atoms with Crippen LogP contribution in [-0.2, 0) is 9.59 Å². The maximum absolute atomic E-state index is 11.8. The summed E-state index contributed by atoms with van der Waals surface area (Å²) in [6.07, 6.45) is 1.08. The second-order valence-electron chi connectivity index (χ2n) is 3.94. The van der Waals surface area contributed by atoms with Crippen LogP contribution in [0, 0.1) is 3.57 Å². The highest BCUT2D eigenvalue weighted by molar-refractivity contribution is 14.1. The van der Waals surface area contributed by atoms with Crippen molar-refractivity contribution in [3.05, 3.63) is 27.3 Å². The molecule has 1 aliphatic heterocycles. The van der Waals surface area contributed by atoms with Gasteiger partial charge in [0.15, 0.2) is 0 Å². The summed E-state index contributed by atoms with van der Waals surface area (Å²) in [5.41, 5.74) is 0.142. The Morgan fingerprint density at radius 2 is 1.83 bits per heavy atom. The number of piperidine rings is 1. The lowest BCUT2D eigenvalue weighted by atomic mass is 10.1. The molecule has 1 fully saturated rings. The van der Waals surface area contributed by atoms with Crippen LogP contribution in [0.15, 0.2) is 18.2 Å². The Bertz CT molecular complexity index is 525. The summed E-state index contributed by atoms with van der Waals surface area (Å²) in [5.74, 6) is -1.82. The standard InChI is InChI=1S/C12H10INO4/c13-7-4-5-9(8(6-7)12(17)18)14-10(15)2-1-3-11(14)16/h4-6H,1-3H2,(H,17,18). The number of anilines is 1. The van der Waals surface area contributed by atoms with E-state index in [9.17, 15) is 14.4 Å². The van der Waals surface area contributed by atoms with Crippen molar-refractivity contribution in [1.82, 2.24) is 0 Å². The van der Waals surface area contributed by atoms with E-state index in [1.54, 1.807) is 6.07 Å². The first-order chi connectivity index (χ1) is 8.50. The van der Waals surface area contributed by atoms with E-state index in [2.05, 4.69) is 0 Å². The Morgan fingerprint density at radius 1 is 1.22 bits per heavy atom. The zero-order valence-electron chi connectivity index (χ0n) is 9.35. The van der Waals surface area contributed by atoms with Gasteiger partial charge in [-0.15, -0.1) is 0 Å². The number of hydrogen-bond donors (Lipinski definition) is 1. The van der Waals surface area contributed by atoms with Crippen LogP contribution in [0.1, 0.15) is 29.6 Å². The predicted octanol–water partition coefficient (Wildman–Crippen LogP) is 2.03. The fraction of sp³-hybridized carbons (Fsp3) is 0.250. The topological polar surface area (TPSA) is 74.7 Å². The van der Waals surface area contributed by atoms with Crippen LogP contribution < -0.4 is 4.90 Å². The van der Waals surface area contributed by atoms with Gasteiger partial charge in [-0.3, -0.25) is 9.59 Å². The number of carbonyl (C=O) groups is 3. The summed E-state index contributed by atoms with van der Waals surface area (Å²) in [5, 5.41) is 9.14. The highest BCUT2D eigenvalue weighted by Crippen LogP contribution is 2.27. The molecule has 1 aliphatic rings. The first-order valence-electron chi connectivity index (χ1n) is 5.39. The summed E-state index contributed by atoms with van der Waals surface area (Å²) in [7, 11) is 0. The van der Waals surface area contributed by atoms with Gasteiger partial charge in [-0.05, 0) is 47.2 Å². The fourth-order valence-electron chi connectivity index (χ4n) is 1.90. The van der Waals surface area contributed by atoms with Crippen molar-refractivity contribution in [2.75, 3.05) is 4.90 Å². The lowest BCUT2D eigenvalue weighted by Crippen LogP contribution is -2.41. The minimum Gasteiger partial charge on any atom is -0.478 e. The number of aromatic carboxylic acids is 1. The fourth-order valence-corrected chi connectivity index (χ4v) is 2.39. The smallest absolute Gasteiger partial charge is 0.337 e. The third-order valence-electron chi connectivity index (χ3n) is 2.71. The van der Waals surface area contributed by atoms with Gasteiger partial charge in [0.25, 0.3) is 0 Å². The van der Waals surface area contributed by atoms with E-state index in [1.807, 2.05) is 22.6 Å². The minimum atomic E-state index is -1.14. The Hall–Kier alpha value is -1.44. The molecule has 0 atom stereocenters. The average molecular weight is 359 g/mol. The van der Waals surface area contributed by atoms with E-state index < -0.39 is 5.97 Å². The van der Waals surface area contributed by atoms with E-state index in [0.717, 1.165) is 8.47 Å². The van der Waals surface area contributed by atoms with Crippen molar-refractivity contribution in [2.45, 2.75) is 19.3 Å². The number of imide groups is 1. The predicted molar refractivity (Wildman–Crippen MR) is 72.5 cm³/mol. The van der Waals surface area contributed by atoms with E-state index in [4.69, 9.17) is 5.11 Å². The van der Waals surface area contributed by atoms with E-state index in [1.165, 1.54) is 12.1 Å². The summed E-state index contributed by atoms with van der Waals surface area (Å²) >= 11 is 1.99. The molecule has 94 valence electrons. The van der Waals surface area contributed by atoms with Crippen molar-refractivity contribution in [3.63, 3.8) is 0 Å². The number of benzene rings is 1. The molecule has 0 aliphatic carbocycles. The second-order valence-corrected chi connectivity index (χ2v) is 5.19. The second kappa shape index (κ2) is 5.05. The first-order valence-corrected chi connectivity index (χ1v) is 6.47. The van der Waals surface area contributed by atoms with Crippen LogP contribution in [0.25, 0.3) is 0 Å². The molecule has 0 unspecified atom stereocenters. The van der Waals surface area contributed by atoms with Crippen molar-refractivity contribution in [1.29, 1.82) is 0 Å². The molecule has 5 nitrogen and oxygen atoms in total. The number of rotatable bonds is 2. The van der Waals surface area contributed by atoms with Crippen molar-refractivity contribution >= 4 is 46.1 Å². The number of halogens is 1. The Labute approximate surface area is 117 Å². The molecular formula is C12H10INO4. The van der Waals surface area contributed by atoms with Crippen molar-refractivity contribution in [2.24, 2.45) is 0 Å². The van der Waals surface area contributed by atoms with Gasteiger partial charge in [0.2, 0.25) is 11.8 Å². The quantitative estimate of drug-likeness (QED) is 0.648. The van der Waals surface area contributed by atoms with Crippen LogP contribution in [0.5, 0.6) is 0 Å². The summed E-state index contributed by atoms with van der Waals surface area (Å²) in [6.45, 7) is 0. The largest absolute Gasteiger partial charge is 0.478 e.